The fourth-order valence-corrected chi connectivity index (χ4v) is 2.59. The van der Waals surface area contributed by atoms with E-state index in [4.69, 9.17) is 0 Å². The van der Waals surface area contributed by atoms with Crippen molar-refractivity contribution in [3.8, 4) is 0 Å². The molecule has 2 N–H and O–H groups in total. The van der Waals surface area contributed by atoms with Crippen molar-refractivity contribution >= 4 is 11.8 Å². The van der Waals surface area contributed by atoms with Crippen LogP contribution in [0.2, 0.25) is 0 Å². The van der Waals surface area contributed by atoms with Crippen LogP contribution >= 0.6 is 0 Å². The van der Waals surface area contributed by atoms with E-state index in [9.17, 15) is 4.79 Å². The maximum absolute atomic E-state index is 12.0. The molecule has 0 radical (unpaired) electrons. The molecule has 110 valence electrons. The zero-order valence-corrected chi connectivity index (χ0v) is 12.0. The maximum Gasteiger partial charge on any atom is 0.322 e. The predicted octanol–water partition coefficient (Wildman–Crippen LogP) is 2.82. The molecule has 0 unspecified atom stereocenters. The lowest BCUT2D eigenvalue weighted by atomic mass is 10.1. The minimum Gasteiger partial charge on any atom is -0.324 e. The van der Waals surface area contributed by atoms with Crippen LogP contribution < -0.4 is 5.32 Å². The van der Waals surface area contributed by atoms with Gasteiger partial charge in [0.1, 0.15) is 5.82 Å². The Morgan fingerprint density at radius 2 is 1.95 bits per heavy atom. The van der Waals surface area contributed by atoms with E-state index in [0.717, 1.165) is 44.5 Å². The fourth-order valence-electron chi connectivity index (χ4n) is 2.59. The molecule has 5 heteroatoms. The molecule has 5 nitrogen and oxygen atoms in total. The molecule has 1 aromatic carbocycles. The maximum atomic E-state index is 12.0. The summed E-state index contributed by atoms with van der Waals surface area (Å²) in [7, 11) is 0. The van der Waals surface area contributed by atoms with E-state index < -0.39 is 0 Å². The van der Waals surface area contributed by atoms with Crippen LogP contribution in [0.15, 0.2) is 36.4 Å². The van der Waals surface area contributed by atoms with Crippen molar-refractivity contribution in [1.82, 2.24) is 15.1 Å². The van der Waals surface area contributed by atoms with Crippen LogP contribution in [0.5, 0.6) is 0 Å². The summed E-state index contributed by atoms with van der Waals surface area (Å²) in [5.41, 5.74) is 2.26. The second-order valence-corrected chi connectivity index (χ2v) is 5.38. The van der Waals surface area contributed by atoms with Gasteiger partial charge in [-0.2, -0.15) is 5.10 Å². The third-order valence-electron chi connectivity index (χ3n) is 3.78. The number of benzene rings is 1. The number of anilines is 1. The number of aromatic amines is 1. The van der Waals surface area contributed by atoms with Crippen molar-refractivity contribution < 1.29 is 4.79 Å². The molecule has 0 atom stereocenters. The van der Waals surface area contributed by atoms with Crippen molar-refractivity contribution in [2.45, 2.75) is 25.7 Å². The van der Waals surface area contributed by atoms with Gasteiger partial charge in [0, 0.05) is 19.2 Å². The number of carbonyl (C=O) groups excluding carboxylic acids is 1. The Labute approximate surface area is 124 Å². The largest absolute Gasteiger partial charge is 0.324 e. The molecule has 1 aliphatic heterocycles. The highest BCUT2D eigenvalue weighted by Crippen LogP contribution is 2.12. The molecule has 1 aromatic heterocycles. The summed E-state index contributed by atoms with van der Waals surface area (Å²) in [6.45, 7) is 1.70. The van der Waals surface area contributed by atoms with Gasteiger partial charge in [0.2, 0.25) is 0 Å². The Morgan fingerprint density at radius 3 is 2.71 bits per heavy atom. The zero-order valence-electron chi connectivity index (χ0n) is 12.0. The van der Waals surface area contributed by atoms with E-state index in [-0.39, 0.29) is 6.03 Å². The minimum absolute atomic E-state index is 0.0363. The van der Waals surface area contributed by atoms with Gasteiger partial charge < -0.3 is 4.90 Å². The van der Waals surface area contributed by atoms with Gasteiger partial charge in [0.15, 0.2) is 0 Å². The van der Waals surface area contributed by atoms with Crippen LogP contribution in [0.3, 0.4) is 0 Å². The number of likely N-dealkylation sites (tertiary alicyclic amines) is 1. The number of urea groups is 1. The van der Waals surface area contributed by atoms with E-state index >= 15 is 0 Å². The summed E-state index contributed by atoms with van der Waals surface area (Å²) < 4.78 is 0. The highest BCUT2D eigenvalue weighted by Gasteiger charge is 2.18. The molecule has 2 aromatic rings. The van der Waals surface area contributed by atoms with Gasteiger partial charge in [-0.1, -0.05) is 30.3 Å². The zero-order chi connectivity index (χ0) is 14.5. The summed E-state index contributed by atoms with van der Waals surface area (Å²) >= 11 is 0. The Kier molecular flexibility index (Phi) is 4.19. The SMILES string of the molecule is O=C(Nc1cc(CCc2ccccc2)n[nH]1)N1CCCC1. The number of nitrogens with one attached hydrogen (secondary N) is 2. The standard InChI is InChI=1S/C16H20N4O/c21-16(20-10-4-5-11-20)17-15-12-14(18-19-15)9-8-13-6-2-1-3-7-13/h1-3,6-7,12H,4-5,8-11H2,(H2,17,18,19,21). The number of rotatable bonds is 4. The number of nitrogens with zero attached hydrogens (tertiary/aromatic N) is 2. The third-order valence-corrected chi connectivity index (χ3v) is 3.78. The first-order chi connectivity index (χ1) is 10.3. The molecule has 1 fully saturated rings. The summed E-state index contributed by atoms with van der Waals surface area (Å²) in [5, 5.41) is 10.0. The normalized spacial score (nSPS) is 14.4. The summed E-state index contributed by atoms with van der Waals surface area (Å²) in [4.78, 5) is 13.8. The van der Waals surface area contributed by atoms with Gasteiger partial charge in [-0.3, -0.25) is 10.4 Å². The molecule has 21 heavy (non-hydrogen) atoms. The van der Waals surface area contributed by atoms with Gasteiger partial charge in [0.25, 0.3) is 0 Å². The fraction of sp³-hybridized carbons (Fsp3) is 0.375. The molecule has 2 amide bonds. The summed E-state index contributed by atoms with van der Waals surface area (Å²) in [6.07, 6.45) is 4.00. The van der Waals surface area contributed by atoms with Gasteiger partial charge in [-0.15, -0.1) is 0 Å². The van der Waals surface area contributed by atoms with E-state index in [1.54, 1.807) is 0 Å². The molecule has 0 aliphatic carbocycles. The lowest BCUT2D eigenvalue weighted by Crippen LogP contribution is -2.32. The molecular formula is C16H20N4O. The quantitative estimate of drug-likeness (QED) is 0.907. The van der Waals surface area contributed by atoms with E-state index in [1.807, 2.05) is 29.2 Å². The highest BCUT2D eigenvalue weighted by molar-refractivity contribution is 5.88. The first kappa shape index (κ1) is 13.7. The van der Waals surface area contributed by atoms with Crippen molar-refractivity contribution in [2.75, 3.05) is 18.4 Å². The molecule has 0 saturated carbocycles. The minimum atomic E-state index is -0.0363. The van der Waals surface area contributed by atoms with E-state index in [1.165, 1.54) is 5.56 Å². The van der Waals surface area contributed by atoms with E-state index in [0.29, 0.717) is 5.82 Å². The lowest BCUT2D eigenvalue weighted by Gasteiger charge is -2.14. The monoisotopic (exact) mass is 284 g/mol. The van der Waals surface area contributed by atoms with Crippen LogP contribution in [0.25, 0.3) is 0 Å². The van der Waals surface area contributed by atoms with Crippen LogP contribution in [0.4, 0.5) is 10.6 Å². The Morgan fingerprint density at radius 1 is 1.19 bits per heavy atom. The second-order valence-electron chi connectivity index (χ2n) is 5.38. The number of hydrogen-bond acceptors (Lipinski definition) is 2. The smallest absolute Gasteiger partial charge is 0.322 e. The van der Waals surface area contributed by atoms with Crippen molar-refractivity contribution in [3.05, 3.63) is 47.7 Å². The Bertz CT molecular complexity index is 587. The number of aryl methyl sites for hydroxylation is 2. The first-order valence-electron chi connectivity index (χ1n) is 7.45. The van der Waals surface area contributed by atoms with Crippen molar-refractivity contribution in [1.29, 1.82) is 0 Å². The molecular weight excluding hydrogens is 264 g/mol. The Balaban J connectivity index is 1.52. The van der Waals surface area contributed by atoms with Gasteiger partial charge >= 0.3 is 6.03 Å². The number of carbonyl (C=O) groups is 1. The Hall–Kier alpha value is -2.30. The number of H-pyrrole nitrogens is 1. The van der Waals surface area contributed by atoms with Gasteiger partial charge in [0.05, 0.1) is 5.69 Å². The van der Waals surface area contributed by atoms with Crippen LogP contribution in [0, 0.1) is 0 Å². The molecule has 1 saturated heterocycles. The number of hydrogen-bond donors (Lipinski definition) is 2. The highest BCUT2D eigenvalue weighted by atomic mass is 16.2. The van der Waals surface area contributed by atoms with E-state index in [2.05, 4.69) is 27.6 Å². The third kappa shape index (κ3) is 3.62. The summed E-state index contributed by atoms with van der Waals surface area (Å²) in [5.74, 6) is 0.676. The topological polar surface area (TPSA) is 61.0 Å². The molecule has 1 aliphatic rings. The molecule has 3 rings (SSSR count). The summed E-state index contributed by atoms with van der Waals surface area (Å²) in [6, 6.07) is 12.2. The molecule has 0 spiro atoms. The lowest BCUT2D eigenvalue weighted by molar-refractivity contribution is 0.222. The van der Waals surface area contributed by atoms with Gasteiger partial charge in [-0.05, 0) is 31.2 Å². The van der Waals surface area contributed by atoms with Crippen molar-refractivity contribution in [3.63, 3.8) is 0 Å². The molecule has 2 heterocycles. The number of aromatic nitrogens is 2. The van der Waals surface area contributed by atoms with Crippen molar-refractivity contribution in [2.24, 2.45) is 0 Å². The van der Waals surface area contributed by atoms with Crippen LogP contribution in [-0.4, -0.2) is 34.2 Å². The average molecular weight is 284 g/mol. The predicted molar refractivity (Wildman–Crippen MR) is 82.3 cm³/mol. The molecule has 0 bridgehead atoms. The van der Waals surface area contributed by atoms with Gasteiger partial charge in [-0.25, -0.2) is 4.79 Å². The average Bonchev–Trinajstić information content (AvgIpc) is 3.18. The van der Waals surface area contributed by atoms with Crippen LogP contribution in [0.1, 0.15) is 24.1 Å². The first-order valence-corrected chi connectivity index (χ1v) is 7.45. The number of amides is 2. The second kappa shape index (κ2) is 6.43. The van der Waals surface area contributed by atoms with Crippen LogP contribution in [-0.2, 0) is 12.8 Å².